The van der Waals surface area contributed by atoms with E-state index in [1.54, 1.807) is 0 Å². The van der Waals surface area contributed by atoms with Crippen molar-refractivity contribution in [1.29, 1.82) is 0 Å². The highest BCUT2D eigenvalue weighted by molar-refractivity contribution is 5.83. The van der Waals surface area contributed by atoms with E-state index in [0.29, 0.717) is 0 Å². The van der Waals surface area contributed by atoms with Crippen molar-refractivity contribution >= 4 is 18.0 Å². The van der Waals surface area contributed by atoms with Crippen LogP contribution < -0.4 is 27.8 Å². The van der Waals surface area contributed by atoms with E-state index in [4.69, 9.17) is 23.7 Å². The first-order valence-corrected chi connectivity index (χ1v) is 19.4. The van der Waals surface area contributed by atoms with Gasteiger partial charge in [0.25, 0.3) is 11.1 Å². The molecule has 7 rings (SSSR count). The Bertz CT molecular complexity index is 2570. The minimum absolute atomic E-state index is 0.00261. The number of alkyl carbamates (subject to hydrolysis) is 1. The summed E-state index contributed by atoms with van der Waals surface area (Å²) in [5.74, 6) is -2.20. The number of halogens is 1. The molecule has 2 aliphatic heterocycles. The van der Waals surface area contributed by atoms with Gasteiger partial charge in [0.15, 0.2) is 0 Å². The number of amides is 1. The van der Waals surface area contributed by atoms with Gasteiger partial charge in [-0.15, -0.1) is 0 Å². The van der Waals surface area contributed by atoms with Crippen LogP contribution in [0.15, 0.2) is 85.2 Å². The van der Waals surface area contributed by atoms with E-state index in [1.807, 2.05) is 48.5 Å². The van der Waals surface area contributed by atoms with Crippen LogP contribution >= 0.6 is 0 Å². The number of benzene rings is 2. The highest BCUT2D eigenvalue weighted by Crippen LogP contribution is 2.44. The van der Waals surface area contributed by atoms with Gasteiger partial charge in [-0.2, -0.15) is 0 Å². The summed E-state index contributed by atoms with van der Waals surface area (Å²) < 4.78 is 45.1. The van der Waals surface area contributed by atoms with Gasteiger partial charge in [-0.3, -0.25) is 33.5 Å². The van der Waals surface area contributed by atoms with Gasteiger partial charge in [0.1, 0.15) is 56.7 Å². The molecular formula is C40H41FN8O12. The molecule has 2 aromatic carbocycles. The molecule has 1 amide bonds. The van der Waals surface area contributed by atoms with Crippen LogP contribution in [0.2, 0.25) is 0 Å². The first kappa shape index (κ1) is 42.3. The second-order valence-corrected chi connectivity index (χ2v) is 14.8. The molecule has 4 aromatic rings. The normalized spacial score (nSPS) is 22.1. The zero-order chi connectivity index (χ0) is 43.4. The fourth-order valence-electron chi connectivity index (χ4n) is 7.64. The number of alkyl halides is 1. The minimum Gasteiger partial charge on any atom is -0.463 e. The Balaban J connectivity index is 1.000. The predicted molar refractivity (Wildman–Crippen MR) is 210 cm³/mol. The Morgan fingerprint density at radius 1 is 0.836 bits per heavy atom. The molecule has 2 fully saturated rings. The molecule has 320 valence electrons. The van der Waals surface area contributed by atoms with E-state index in [0.717, 1.165) is 31.4 Å². The maximum absolute atomic E-state index is 15.0. The van der Waals surface area contributed by atoms with E-state index in [9.17, 15) is 43.5 Å². The van der Waals surface area contributed by atoms with Gasteiger partial charge in [-0.05, 0) is 48.1 Å². The van der Waals surface area contributed by atoms with Crippen LogP contribution in [0.25, 0.3) is 21.6 Å². The molecule has 0 spiro atoms. The van der Waals surface area contributed by atoms with Crippen molar-refractivity contribution in [2.24, 2.45) is 5.11 Å². The van der Waals surface area contributed by atoms with Crippen molar-refractivity contribution < 1.29 is 42.5 Å². The lowest BCUT2D eigenvalue weighted by Crippen LogP contribution is -2.44. The number of fused-ring (bicyclic) bond motifs is 3. The van der Waals surface area contributed by atoms with Crippen molar-refractivity contribution in [1.82, 2.24) is 24.4 Å². The van der Waals surface area contributed by atoms with E-state index < -0.39 is 103 Å². The van der Waals surface area contributed by atoms with Gasteiger partial charge in [-0.1, -0.05) is 53.6 Å². The summed E-state index contributed by atoms with van der Waals surface area (Å²) in [5.41, 5.74) is 10.8. The average Bonchev–Trinajstić information content (AvgIpc) is 3.92. The molecule has 7 atom stereocenters. The number of hydrogen-bond acceptors (Lipinski definition) is 13. The molecule has 3 N–H and O–H groups in total. The van der Waals surface area contributed by atoms with Gasteiger partial charge >= 0.3 is 29.4 Å². The molecule has 61 heavy (non-hydrogen) atoms. The van der Waals surface area contributed by atoms with Gasteiger partial charge < -0.3 is 29.0 Å². The molecule has 4 heterocycles. The summed E-state index contributed by atoms with van der Waals surface area (Å²) in [6.07, 6.45) is -5.52. The summed E-state index contributed by atoms with van der Waals surface area (Å²) in [6, 6.07) is 13.0. The number of aromatic amines is 2. The van der Waals surface area contributed by atoms with Gasteiger partial charge in [0, 0.05) is 53.6 Å². The third-order valence-corrected chi connectivity index (χ3v) is 10.8. The zero-order valence-electron chi connectivity index (χ0n) is 32.9. The molecule has 0 bridgehead atoms. The number of H-pyrrole nitrogens is 2. The Morgan fingerprint density at radius 3 is 2.00 bits per heavy atom. The molecule has 0 radical (unpaired) electrons. The summed E-state index contributed by atoms with van der Waals surface area (Å²) in [6.45, 7) is 1.83. The Morgan fingerprint density at radius 2 is 1.39 bits per heavy atom. The van der Waals surface area contributed by atoms with Crippen LogP contribution in [0, 0.1) is 13.8 Å². The van der Waals surface area contributed by atoms with Crippen LogP contribution in [0.3, 0.4) is 0 Å². The predicted octanol–water partition coefficient (Wildman–Crippen LogP) is 3.07. The quantitative estimate of drug-likeness (QED) is 0.0544. The lowest BCUT2D eigenvalue weighted by Gasteiger charge is -2.21. The number of hydrogen-bond donors (Lipinski definition) is 3. The number of rotatable bonds is 14. The number of carbonyl (C=O) groups is 3. The Labute approximate surface area is 344 Å². The largest absolute Gasteiger partial charge is 0.463 e. The first-order valence-electron chi connectivity index (χ1n) is 19.4. The standard InChI is InChI=1S/C40H41FN8O12/c1-20-15-48(38(54)44-35(20)51)32-13-27(41)30(60-32)18-57-34(50)12-11-28(43-40(56)59-17-26-24-9-5-3-7-22(24)23-8-4-6-10-25(23)26)37(53)58-19-31-29(46-47-42)14-33(61-31)49-16-21(2)36(52)45-39(49)55/h3-10,15-16,26-33H,11-14,17-19H2,1-2H3,(H,43,56)(H,44,51,54)(H,45,52,55)/t27-,28-,29-,30+,31+,32+,33+/m0/s1. The Hall–Kier alpha value is -6.83. The van der Waals surface area contributed by atoms with Gasteiger partial charge in [-0.25, -0.2) is 23.6 Å². The van der Waals surface area contributed by atoms with Gasteiger partial charge in [0.05, 0.1) is 6.04 Å². The van der Waals surface area contributed by atoms with Crippen molar-refractivity contribution in [3.63, 3.8) is 0 Å². The topological polar surface area (TPSA) is 268 Å². The van der Waals surface area contributed by atoms with Crippen molar-refractivity contribution in [3.05, 3.63) is 135 Å². The lowest BCUT2D eigenvalue weighted by molar-refractivity contribution is -0.153. The van der Waals surface area contributed by atoms with Crippen molar-refractivity contribution in [2.75, 3.05) is 19.8 Å². The van der Waals surface area contributed by atoms with E-state index in [2.05, 4.69) is 25.3 Å². The van der Waals surface area contributed by atoms with Gasteiger partial charge in [0.2, 0.25) is 0 Å². The van der Waals surface area contributed by atoms with E-state index in [-0.39, 0.29) is 42.9 Å². The summed E-state index contributed by atoms with van der Waals surface area (Å²) in [5, 5.41) is 6.19. The summed E-state index contributed by atoms with van der Waals surface area (Å²) >= 11 is 0. The number of aryl methyl sites for hydroxylation is 2. The molecule has 0 unspecified atom stereocenters. The van der Waals surface area contributed by atoms with Crippen LogP contribution in [0.5, 0.6) is 0 Å². The average molecular weight is 845 g/mol. The summed E-state index contributed by atoms with van der Waals surface area (Å²) in [7, 11) is 0. The first-order chi connectivity index (χ1) is 29.3. The number of ether oxygens (including phenoxy) is 5. The highest BCUT2D eigenvalue weighted by atomic mass is 19.1. The second-order valence-electron chi connectivity index (χ2n) is 14.8. The zero-order valence-corrected chi connectivity index (χ0v) is 32.9. The number of aromatic nitrogens is 4. The van der Waals surface area contributed by atoms with Crippen molar-refractivity contribution in [2.45, 2.75) is 88.4 Å². The van der Waals surface area contributed by atoms with Crippen LogP contribution in [-0.4, -0.2) is 87.4 Å². The fraction of sp³-hybridized carbons (Fsp3) is 0.425. The van der Waals surface area contributed by atoms with Crippen LogP contribution in [-0.2, 0) is 33.3 Å². The minimum atomic E-state index is -1.63. The lowest BCUT2D eigenvalue weighted by atomic mass is 9.98. The molecular weight excluding hydrogens is 803 g/mol. The molecule has 3 aliphatic rings. The molecule has 2 saturated heterocycles. The Kier molecular flexibility index (Phi) is 12.6. The third-order valence-electron chi connectivity index (χ3n) is 10.8. The third kappa shape index (κ3) is 9.33. The van der Waals surface area contributed by atoms with Crippen LogP contribution in [0.1, 0.15) is 66.3 Å². The SMILES string of the molecule is Cc1cn([C@H]2C[C@H](N=[N+]=[N-])[C@@H](COC(=O)[C@H](CCC(=O)OC[C@H]3O[C@@H](n4cc(C)c(=O)[nH]c4=O)C[C@@H]3F)NC(=O)OCC3c4ccccc4-c4ccccc43)O2)c(=O)[nH]c1=O. The number of nitrogens with zero attached hydrogens (tertiary/aromatic N) is 5. The maximum Gasteiger partial charge on any atom is 0.407 e. The maximum atomic E-state index is 15.0. The molecule has 2 aromatic heterocycles. The number of esters is 2. The fourth-order valence-corrected chi connectivity index (χ4v) is 7.64. The molecule has 1 aliphatic carbocycles. The monoisotopic (exact) mass is 844 g/mol. The van der Waals surface area contributed by atoms with Crippen molar-refractivity contribution in [3.8, 4) is 11.1 Å². The molecule has 20 nitrogen and oxygen atoms in total. The smallest absolute Gasteiger partial charge is 0.407 e. The molecule has 0 saturated carbocycles. The number of azide groups is 1. The second kappa shape index (κ2) is 18.2. The highest BCUT2D eigenvalue weighted by Gasteiger charge is 2.40. The molecule has 21 heteroatoms. The number of nitrogens with one attached hydrogen (secondary N) is 3. The van der Waals surface area contributed by atoms with E-state index >= 15 is 0 Å². The number of carbonyl (C=O) groups excluding carboxylic acids is 3. The van der Waals surface area contributed by atoms with Crippen LogP contribution in [0.4, 0.5) is 9.18 Å². The summed E-state index contributed by atoms with van der Waals surface area (Å²) in [4.78, 5) is 95.6. The van der Waals surface area contributed by atoms with E-state index in [1.165, 1.54) is 26.2 Å².